The molecular weight excluding hydrogens is 320 g/mol. The average Bonchev–Trinajstić information content (AvgIpc) is 2.62. The molecule has 0 unspecified atom stereocenters. The number of hydrogen-bond acceptors (Lipinski definition) is 5. The first-order chi connectivity index (χ1) is 12.0. The van der Waals surface area contributed by atoms with Gasteiger partial charge in [-0.2, -0.15) is 0 Å². The number of anilines is 1. The number of benzene rings is 2. The molecule has 0 radical (unpaired) electrons. The van der Waals surface area contributed by atoms with Gasteiger partial charge in [0.15, 0.2) is 11.5 Å². The number of rotatable bonds is 6. The van der Waals surface area contributed by atoms with Crippen LogP contribution in [0.25, 0.3) is 0 Å². The highest BCUT2D eigenvalue weighted by atomic mass is 16.5. The number of para-hydroxylation sites is 1. The summed E-state index contributed by atoms with van der Waals surface area (Å²) >= 11 is 0. The third-order valence-corrected chi connectivity index (χ3v) is 3.38. The van der Waals surface area contributed by atoms with Crippen LogP contribution in [-0.4, -0.2) is 31.4 Å². The molecule has 2 N–H and O–H groups in total. The summed E-state index contributed by atoms with van der Waals surface area (Å²) in [4.78, 5) is 16.6. The first kappa shape index (κ1) is 18.1. The maximum absolute atomic E-state index is 12.3. The quantitative estimate of drug-likeness (QED) is 0.475. The lowest BCUT2D eigenvalue weighted by molar-refractivity contribution is -0.112. The Bertz CT molecular complexity index is 794. The van der Waals surface area contributed by atoms with Gasteiger partial charge in [-0.1, -0.05) is 18.2 Å². The SMILES string of the molecule is COc1ccc(N=C/C(C(=O)Nc2ccccc2)=C(/C)O)cc1OC. The van der Waals surface area contributed by atoms with E-state index in [4.69, 9.17) is 9.47 Å². The smallest absolute Gasteiger partial charge is 0.260 e. The minimum Gasteiger partial charge on any atom is -0.512 e. The minimum absolute atomic E-state index is 0.0682. The number of amides is 1. The van der Waals surface area contributed by atoms with E-state index < -0.39 is 5.91 Å². The molecule has 2 aromatic carbocycles. The molecule has 130 valence electrons. The van der Waals surface area contributed by atoms with E-state index in [0.29, 0.717) is 22.9 Å². The first-order valence-electron chi connectivity index (χ1n) is 7.57. The predicted molar refractivity (Wildman–Crippen MR) is 98.1 cm³/mol. The highest BCUT2D eigenvalue weighted by Gasteiger charge is 2.11. The highest BCUT2D eigenvalue weighted by molar-refractivity contribution is 6.18. The van der Waals surface area contributed by atoms with E-state index in [1.54, 1.807) is 37.4 Å². The number of hydrogen-bond donors (Lipinski definition) is 2. The lowest BCUT2D eigenvalue weighted by Crippen LogP contribution is -2.16. The number of carbonyl (C=O) groups is 1. The Kier molecular flexibility index (Phi) is 6.17. The fourth-order valence-electron chi connectivity index (χ4n) is 2.08. The van der Waals surface area contributed by atoms with Crippen molar-refractivity contribution in [3.8, 4) is 11.5 Å². The van der Waals surface area contributed by atoms with Gasteiger partial charge in [-0.3, -0.25) is 9.79 Å². The highest BCUT2D eigenvalue weighted by Crippen LogP contribution is 2.31. The second-order valence-electron chi connectivity index (χ2n) is 5.12. The molecule has 0 spiro atoms. The standard InChI is InChI=1S/C19H20N2O4/c1-13(22)16(19(23)21-14-7-5-4-6-8-14)12-20-15-9-10-17(24-2)18(11-15)25-3/h4-12,22H,1-3H3,(H,21,23)/b16-13+,20-12?. The predicted octanol–water partition coefficient (Wildman–Crippen LogP) is 3.88. The molecule has 25 heavy (non-hydrogen) atoms. The number of aliphatic hydroxyl groups excluding tert-OH is 1. The minimum atomic E-state index is -0.449. The van der Waals surface area contributed by atoms with Crippen molar-refractivity contribution < 1.29 is 19.4 Å². The van der Waals surface area contributed by atoms with Crippen molar-refractivity contribution in [3.63, 3.8) is 0 Å². The number of aliphatic imine (C=N–C) groups is 1. The summed E-state index contributed by atoms with van der Waals surface area (Å²) in [6.07, 6.45) is 1.31. The summed E-state index contributed by atoms with van der Waals surface area (Å²) in [6, 6.07) is 14.1. The van der Waals surface area contributed by atoms with Crippen molar-refractivity contribution in [3.05, 3.63) is 59.9 Å². The Labute approximate surface area is 146 Å². The Morgan fingerprint density at radius 1 is 1.08 bits per heavy atom. The van der Waals surface area contributed by atoms with Gasteiger partial charge in [0.2, 0.25) is 0 Å². The number of aliphatic hydroxyl groups is 1. The Hall–Kier alpha value is -3.28. The van der Waals surface area contributed by atoms with E-state index in [9.17, 15) is 9.90 Å². The van der Waals surface area contributed by atoms with Crippen molar-refractivity contribution in [1.82, 2.24) is 0 Å². The molecule has 0 aliphatic carbocycles. The molecule has 2 aromatic rings. The molecule has 2 rings (SSSR count). The molecule has 0 atom stereocenters. The molecule has 0 fully saturated rings. The van der Waals surface area contributed by atoms with Gasteiger partial charge in [0.05, 0.1) is 25.5 Å². The summed E-state index contributed by atoms with van der Waals surface area (Å²) < 4.78 is 10.4. The van der Waals surface area contributed by atoms with Gasteiger partial charge in [-0.15, -0.1) is 0 Å². The normalized spacial score (nSPS) is 11.8. The van der Waals surface area contributed by atoms with E-state index in [1.807, 2.05) is 18.2 Å². The van der Waals surface area contributed by atoms with E-state index in [2.05, 4.69) is 10.3 Å². The van der Waals surface area contributed by atoms with Gasteiger partial charge in [-0.25, -0.2) is 0 Å². The van der Waals surface area contributed by atoms with Gasteiger partial charge in [-0.05, 0) is 31.2 Å². The summed E-state index contributed by atoms with van der Waals surface area (Å²) in [7, 11) is 3.08. The number of ether oxygens (including phenoxy) is 2. The second-order valence-corrected chi connectivity index (χ2v) is 5.12. The molecule has 0 aliphatic heterocycles. The largest absolute Gasteiger partial charge is 0.512 e. The number of nitrogens with zero attached hydrogens (tertiary/aromatic N) is 1. The number of carbonyl (C=O) groups excluding carboxylic acids is 1. The van der Waals surface area contributed by atoms with Crippen LogP contribution in [-0.2, 0) is 4.79 Å². The maximum atomic E-state index is 12.3. The van der Waals surface area contributed by atoms with Gasteiger partial charge < -0.3 is 19.9 Å². The molecule has 0 aromatic heterocycles. The molecular formula is C19H20N2O4. The lowest BCUT2D eigenvalue weighted by Gasteiger charge is -2.08. The maximum Gasteiger partial charge on any atom is 0.260 e. The monoisotopic (exact) mass is 340 g/mol. The fourth-order valence-corrected chi connectivity index (χ4v) is 2.08. The van der Waals surface area contributed by atoms with Crippen LogP contribution in [0.3, 0.4) is 0 Å². The zero-order chi connectivity index (χ0) is 18.2. The number of allylic oxidation sites excluding steroid dienone is 1. The van der Waals surface area contributed by atoms with Crippen LogP contribution in [0.1, 0.15) is 6.92 Å². The van der Waals surface area contributed by atoms with Crippen molar-refractivity contribution in [1.29, 1.82) is 0 Å². The zero-order valence-electron chi connectivity index (χ0n) is 14.3. The van der Waals surface area contributed by atoms with Crippen LogP contribution in [0, 0.1) is 0 Å². The van der Waals surface area contributed by atoms with E-state index in [1.165, 1.54) is 20.2 Å². The first-order valence-corrected chi connectivity index (χ1v) is 7.57. The van der Waals surface area contributed by atoms with Gasteiger partial charge in [0.25, 0.3) is 5.91 Å². The molecule has 1 amide bonds. The number of methoxy groups -OCH3 is 2. The third kappa shape index (κ3) is 4.84. The van der Waals surface area contributed by atoms with Crippen LogP contribution >= 0.6 is 0 Å². The molecule has 0 saturated heterocycles. The van der Waals surface area contributed by atoms with Gasteiger partial charge >= 0.3 is 0 Å². The van der Waals surface area contributed by atoms with Crippen molar-refractivity contribution >= 4 is 23.5 Å². The molecule has 0 aliphatic rings. The average molecular weight is 340 g/mol. The lowest BCUT2D eigenvalue weighted by atomic mass is 10.2. The van der Waals surface area contributed by atoms with Gasteiger partial charge in [0.1, 0.15) is 5.76 Å². The van der Waals surface area contributed by atoms with Crippen molar-refractivity contribution in [2.45, 2.75) is 6.92 Å². The summed E-state index contributed by atoms with van der Waals surface area (Å²) in [5.74, 6) is 0.530. The zero-order valence-corrected chi connectivity index (χ0v) is 14.3. The van der Waals surface area contributed by atoms with E-state index in [0.717, 1.165) is 0 Å². The van der Waals surface area contributed by atoms with E-state index in [-0.39, 0.29) is 11.3 Å². The number of nitrogens with one attached hydrogen (secondary N) is 1. The fraction of sp³-hybridized carbons (Fsp3) is 0.158. The molecule has 0 heterocycles. The molecule has 6 nitrogen and oxygen atoms in total. The molecule has 0 bridgehead atoms. The molecule has 6 heteroatoms. The van der Waals surface area contributed by atoms with Crippen molar-refractivity contribution in [2.24, 2.45) is 4.99 Å². The molecule has 0 saturated carbocycles. The third-order valence-electron chi connectivity index (χ3n) is 3.38. The summed E-state index contributed by atoms with van der Waals surface area (Å²) in [5.41, 5.74) is 1.26. The second kappa shape index (κ2) is 8.54. The topological polar surface area (TPSA) is 80.2 Å². The van der Waals surface area contributed by atoms with Crippen LogP contribution < -0.4 is 14.8 Å². The summed E-state index contributed by atoms with van der Waals surface area (Å²) in [5, 5.41) is 12.5. The Morgan fingerprint density at radius 2 is 1.76 bits per heavy atom. The van der Waals surface area contributed by atoms with Crippen LogP contribution in [0.5, 0.6) is 11.5 Å². The van der Waals surface area contributed by atoms with Crippen LogP contribution in [0.15, 0.2) is 64.9 Å². The van der Waals surface area contributed by atoms with E-state index >= 15 is 0 Å². The van der Waals surface area contributed by atoms with Crippen molar-refractivity contribution in [2.75, 3.05) is 19.5 Å². The Morgan fingerprint density at radius 3 is 2.36 bits per heavy atom. The van der Waals surface area contributed by atoms with Crippen LogP contribution in [0.2, 0.25) is 0 Å². The van der Waals surface area contributed by atoms with Gasteiger partial charge in [0, 0.05) is 18.0 Å². The summed E-state index contributed by atoms with van der Waals surface area (Å²) in [6.45, 7) is 1.43. The Balaban J connectivity index is 2.20. The van der Waals surface area contributed by atoms with Crippen LogP contribution in [0.4, 0.5) is 11.4 Å².